The van der Waals surface area contributed by atoms with Crippen LogP contribution in [0.2, 0.25) is 0 Å². The zero-order chi connectivity index (χ0) is 17.9. The van der Waals surface area contributed by atoms with Gasteiger partial charge in [-0.1, -0.05) is 30.3 Å². The number of ether oxygens (including phenoxy) is 1. The highest BCUT2D eigenvalue weighted by atomic mass is 16.5. The lowest BCUT2D eigenvalue weighted by Gasteiger charge is -2.30. The van der Waals surface area contributed by atoms with Gasteiger partial charge in [0, 0.05) is 38.8 Å². The van der Waals surface area contributed by atoms with Crippen LogP contribution in [0.5, 0.6) is 0 Å². The Kier molecular flexibility index (Phi) is 5.07. The van der Waals surface area contributed by atoms with Crippen LogP contribution in [0.3, 0.4) is 0 Å². The number of hydrogen-bond acceptors (Lipinski definition) is 3. The number of amides is 2. The quantitative estimate of drug-likeness (QED) is 0.780. The van der Waals surface area contributed by atoms with E-state index in [0.29, 0.717) is 12.3 Å². The standard InChI is InChI=1S/C21H26N2O3/c24-20(7-6-16-4-2-1-3-5-16)22-11-8-18-19(22)14-21(25)23(18)15-17-9-12-26-13-10-17/h1-7,17-19H,8-15H2/t18-,19-/m0/s1. The van der Waals surface area contributed by atoms with Gasteiger partial charge in [-0.05, 0) is 36.8 Å². The number of fused-ring (bicyclic) bond motifs is 1. The van der Waals surface area contributed by atoms with Crippen molar-refractivity contribution in [3.8, 4) is 0 Å². The Labute approximate surface area is 154 Å². The van der Waals surface area contributed by atoms with Crippen LogP contribution in [-0.2, 0) is 14.3 Å². The number of carbonyl (C=O) groups is 2. The average molecular weight is 354 g/mol. The third kappa shape index (κ3) is 3.54. The van der Waals surface area contributed by atoms with Crippen molar-refractivity contribution in [1.29, 1.82) is 0 Å². The predicted molar refractivity (Wildman–Crippen MR) is 99.3 cm³/mol. The number of carbonyl (C=O) groups excluding carboxylic acids is 2. The van der Waals surface area contributed by atoms with E-state index in [1.54, 1.807) is 6.08 Å². The molecule has 0 spiro atoms. The molecule has 2 amide bonds. The van der Waals surface area contributed by atoms with Crippen molar-refractivity contribution in [3.05, 3.63) is 42.0 Å². The Balaban J connectivity index is 1.39. The summed E-state index contributed by atoms with van der Waals surface area (Å²) >= 11 is 0. The third-order valence-corrected chi connectivity index (χ3v) is 5.91. The van der Waals surface area contributed by atoms with Crippen LogP contribution in [0.25, 0.3) is 6.08 Å². The molecule has 0 radical (unpaired) electrons. The minimum Gasteiger partial charge on any atom is -0.381 e. The summed E-state index contributed by atoms with van der Waals surface area (Å²) in [7, 11) is 0. The van der Waals surface area contributed by atoms with Gasteiger partial charge in [-0.3, -0.25) is 9.59 Å². The van der Waals surface area contributed by atoms with Gasteiger partial charge in [0.2, 0.25) is 11.8 Å². The molecule has 0 bridgehead atoms. The van der Waals surface area contributed by atoms with E-state index in [0.717, 1.165) is 51.1 Å². The number of nitrogens with zero attached hydrogens (tertiary/aromatic N) is 2. The monoisotopic (exact) mass is 354 g/mol. The van der Waals surface area contributed by atoms with Crippen molar-refractivity contribution in [2.45, 2.75) is 37.8 Å². The molecule has 26 heavy (non-hydrogen) atoms. The highest BCUT2D eigenvalue weighted by molar-refractivity contribution is 5.93. The summed E-state index contributed by atoms with van der Waals surface area (Å²) in [5.41, 5.74) is 1.01. The number of likely N-dealkylation sites (tertiary alicyclic amines) is 2. The second-order valence-electron chi connectivity index (χ2n) is 7.50. The van der Waals surface area contributed by atoms with Gasteiger partial charge in [0.05, 0.1) is 12.1 Å². The van der Waals surface area contributed by atoms with Crippen LogP contribution in [0.1, 0.15) is 31.2 Å². The third-order valence-electron chi connectivity index (χ3n) is 5.91. The second-order valence-corrected chi connectivity index (χ2v) is 7.50. The molecule has 2 atom stereocenters. The second kappa shape index (κ2) is 7.62. The highest BCUT2D eigenvalue weighted by Gasteiger charge is 2.48. The first kappa shape index (κ1) is 17.3. The molecular weight excluding hydrogens is 328 g/mol. The van der Waals surface area contributed by atoms with Crippen molar-refractivity contribution in [1.82, 2.24) is 9.80 Å². The highest BCUT2D eigenvalue weighted by Crippen LogP contribution is 2.34. The largest absolute Gasteiger partial charge is 0.381 e. The molecule has 0 unspecified atom stereocenters. The summed E-state index contributed by atoms with van der Waals surface area (Å²) in [4.78, 5) is 29.2. The zero-order valence-corrected chi connectivity index (χ0v) is 15.0. The van der Waals surface area contributed by atoms with Crippen LogP contribution in [-0.4, -0.2) is 60.0 Å². The van der Waals surface area contributed by atoms with Gasteiger partial charge < -0.3 is 14.5 Å². The van der Waals surface area contributed by atoms with Crippen molar-refractivity contribution in [2.75, 3.05) is 26.3 Å². The zero-order valence-electron chi connectivity index (χ0n) is 15.0. The maximum Gasteiger partial charge on any atom is 0.246 e. The molecule has 5 nitrogen and oxygen atoms in total. The molecule has 1 aromatic rings. The SMILES string of the molecule is O=C(C=Cc1ccccc1)N1CC[C@H]2[C@@H]1CC(=O)N2CC1CCOCC1. The lowest BCUT2D eigenvalue weighted by atomic mass is 9.99. The summed E-state index contributed by atoms with van der Waals surface area (Å²) in [6, 6.07) is 10.1. The van der Waals surface area contributed by atoms with Gasteiger partial charge >= 0.3 is 0 Å². The summed E-state index contributed by atoms with van der Waals surface area (Å²) in [5, 5.41) is 0. The minimum absolute atomic E-state index is 0.0158. The number of rotatable bonds is 4. The first-order valence-corrected chi connectivity index (χ1v) is 9.63. The van der Waals surface area contributed by atoms with Crippen LogP contribution in [0.4, 0.5) is 0 Å². The lowest BCUT2D eigenvalue weighted by molar-refractivity contribution is -0.130. The molecule has 0 saturated carbocycles. The van der Waals surface area contributed by atoms with Gasteiger partial charge in [0.1, 0.15) is 0 Å². The summed E-state index contributed by atoms with van der Waals surface area (Å²) in [5.74, 6) is 0.757. The fraction of sp³-hybridized carbons (Fsp3) is 0.524. The van der Waals surface area contributed by atoms with Gasteiger partial charge in [0.15, 0.2) is 0 Å². The maximum atomic E-state index is 12.7. The Hall–Kier alpha value is -2.14. The summed E-state index contributed by atoms with van der Waals surface area (Å²) < 4.78 is 5.43. The molecule has 0 N–H and O–H groups in total. The first-order valence-electron chi connectivity index (χ1n) is 9.63. The van der Waals surface area contributed by atoms with E-state index in [-0.39, 0.29) is 23.9 Å². The average Bonchev–Trinajstić information content (AvgIpc) is 3.21. The van der Waals surface area contributed by atoms with Crippen molar-refractivity contribution < 1.29 is 14.3 Å². The molecule has 0 aromatic heterocycles. The summed E-state index contributed by atoms with van der Waals surface area (Å²) in [6.45, 7) is 3.17. The van der Waals surface area contributed by atoms with Crippen LogP contribution in [0, 0.1) is 5.92 Å². The summed E-state index contributed by atoms with van der Waals surface area (Å²) in [6.07, 6.45) is 6.92. The van der Waals surface area contributed by atoms with Crippen LogP contribution < -0.4 is 0 Å². The Bertz CT molecular complexity index is 682. The molecular formula is C21H26N2O3. The molecule has 3 aliphatic rings. The molecule has 3 fully saturated rings. The molecule has 3 heterocycles. The van der Waals surface area contributed by atoms with E-state index in [4.69, 9.17) is 4.74 Å². The van der Waals surface area contributed by atoms with Crippen molar-refractivity contribution in [3.63, 3.8) is 0 Å². The molecule has 4 rings (SSSR count). The van der Waals surface area contributed by atoms with Crippen molar-refractivity contribution >= 4 is 17.9 Å². The van der Waals surface area contributed by atoms with E-state index in [9.17, 15) is 9.59 Å². The van der Waals surface area contributed by atoms with Crippen LogP contribution in [0.15, 0.2) is 36.4 Å². The van der Waals surface area contributed by atoms with E-state index >= 15 is 0 Å². The number of benzene rings is 1. The Morgan fingerprint density at radius 2 is 1.88 bits per heavy atom. The van der Waals surface area contributed by atoms with Gasteiger partial charge in [0.25, 0.3) is 0 Å². The molecule has 1 aromatic carbocycles. The van der Waals surface area contributed by atoms with Gasteiger partial charge in [-0.15, -0.1) is 0 Å². The molecule has 138 valence electrons. The molecule has 5 heteroatoms. The van der Waals surface area contributed by atoms with Gasteiger partial charge in [-0.25, -0.2) is 0 Å². The maximum absolute atomic E-state index is 12.7. The van der Waals surface area contributed by atoms with E-state index < -0.39 is 0 Å². The Morgan fingerprint density at radius 3 is 2.65 bits per heavy atom. The predicted octanol–water partition coefficient (Wildman–Crippen LogP) is 2.33. The molecule has 3 aliphatic heterocycles. The van der Waals surface area contributed by atoms with E-state index in [2.05, 4.69) is 4.90 Å². The van der Waals surface area contributed by atoms with Crippen LogP contribution >= 0.6 is 0 Å². The molecule has 3 saturated heterocycles. The van der Waals surface area contributed by atoms with E-state index in [1.165, 1.54) is 0 Å². The Morgan fingerprint density at radius 1 is 1.12 bits per heavy atom. The normalized spacial score (nSPS) is 26.7. The fourth-order valence-electron chi connectivity index (χ4n) is 4.47. The smallest absolute Gasteiger partial charge is 0.246 e. The van der Waals surface area contributed by atoms with Gasteiger partial charge in [-0.2, -0.15) is 0 Å². The number of hydrogen-bond donors (Lipinski definition) is 0. The topological polar surface area (TPSA) is 49.9 Å². The first-order chi connectivity index (χ1) is 12.7. The fourth-order valence-corrected chi connectivity index (χ4v) is 4.47. The minimum atomic E-state index is 0.0158. The van der Waals surface area contributed by atoms with Crippen molar-refractivity contribution in [2.24, 2.45) is 5.92 Å². The lowest BCUT2D eigenvalue weighted by Crippen LogP contribution is -2.41. The molecule has 0 aliphatic carbocycles. The van der Waals surface area contributed by atoms with E-state index in [1.807, 2.05) is 41.3 Å².